The molecule has 0 aliphatic carbocycles. The molecule has 0 unspecified atom stereocenters. The van der Waals surface area contributed by atoms with Crippen LogP contribution in [0.1, 0.15) is 18.4 Å². The first kappa shape index (κ1) is 24.3. The second-order valence-electron chi connectivity index (χ2n) is 7.67. The average Bonchev–Trinajstić information content (AvgIpc) is 3.38. The van der Waals surface area contributed by atoms with Crippen LogP contribution in [-0.4, -0.2) is 48.6 Å². The van der Waals surface area contributed by atoms with Crippen LogP contribution in [0.2, 0.25) is 0 Å². The quantitative estimate of drug-likeness (QED) is 0.198. The number of nitrogens with zero attached hydrogens (tertiary/aromatic N) is 6. The molecule has 4 rings (SSSR count). The minimum atomic E-state index is -1.00. The highest BCUT2D eigenvalue weighted by molar-refractivity contribution is 8.15. The lowest BCUT2D eigenvalue weighted by atomic mass is 10.0. The zero-order chi connectivity index (χ0) is 24.8. The van der Waals surface area contributed by atoms with Crippen molar-refractivity contribution >= 4 is 39.5 Å². The summed E-state index contributed by atoms with van der Waals surface area (Å²) in [6, 6.07) is 3.24. The number of oxazole rings is 1. The SMILES string of the molecule is CN=C(N)S[C@@](C)(CF)Cc1cc(Nc2nccc3nc(OCc4ncco4)cnc23)cnc1F. The molecule has 0 spiro atoms. The van der Waals surface area contributed by atoms with E-state index in [1.807, 2.05) is 0 Å². The summed E-state index contributed by atoms with van der Waals surface area (Å²) in [7, 11) is 1.51. The molecule has 0 aromatic carbocycles. The first-order valence-electron chi connectivity index (χ1n) is 10.4. The number of amidine groups is 1. The monoisotopic (exact) mass is 500 g/mol. The van der Waals surface area contributed by atoms with Crippen molar-refractivity contribution in [1.29, 1.82) is 0 Å². The molecule has 4 heterocycles. The summed E-state index contributed by atoms with van der Waals surface area (Å²) in [4.78, 5) is 24.8. The van der Waals surface area contributed by atoms with E-state index >= 15 is 0 Å². The Bertz CT molecular complexity index is 1340. The number of nitrogens with one attached hydrogen (secondary N) is 1. The van der Waals surface area contributed by atoms with E-state index in [0.717, 1.165) is 11.8 Å². The van der Waals surface area contributed by atoms with Crippen molar-refractivity contribution < 1.29 is 17.9 Å². The molecule has 0 bridgehead atoms. The maximum atomic E-state index is 14.5. The van der Waals surface area contributed by atoms with Crippen molar-refractivity contribution in [2.45, 2.75) is 24.7 Å². The Kier molecular flexibility index (Phi) is 7.34. The molecule has 13 heteroatoms. The summed E-state index contributed by atoms with van der Waals surface area (Å²) in [5.74, 6) is 0.395. The fourth-order valence-electron chi connectivity index (χ4n) is 3.18. The number of hydrogen-bond acceptors (Lipinski definition) is 10. The Hall–Kier alpha value is -3.87. The van der Waals surface area contributed by atoms with Crippen LogP contribution in [0, 0.1) is 5.95 Å². The number of anilines is 2. The third-order valence-corrected chi connectivity index (χ3v) is 6.00. The van der Waals surface area contributed by atoms with Gasteiger partial charge < -0.3 is 20.2 Å². The molecule has 0 saturated heterocycles. The van der Waals surface area contributed by atoms with E-state index < -0.39 is 17.4 Å². The number of aromatic nitrogens is 5. The van der Waals surface area contributed by atoms with Gasteiger partial charge >= 0.3 is 0 Å². The average molecular weight is 501 g/mol. The highest BCUT2D eigenvalue weighted by Gasteiger charge is 2.29. The van der Waals surface area contributed by atoms with Crippen molar-refractivity contribution in [3.63, 3.8) is 0 Å². The van der Waals surface area contributed by atoms with Gasteiger partial charge in [0, 0.05) is 18.8 Å². The fourth-order valence-corrected chi connectivity index (χ4v) is 4.06. The topological polar surface area (TPSA) is 137 Å². The lowest BCUT2D eigenvalue weighted by molar-refractivity contribution is 0.253. The molecule has 0 fully saturated rings. The van der Waals surface area contributed by atoms with Crippen molar-refractivity contribution in [2.75, 3.05) is 19.0 Å². The molecule has 0 saturated carbocycles. The summed E-state index contributed by atoms with van der Waals surface area (Å²) in [6.45, 7) is 1.03. The van der Waals surface area contributed by atoms with Gasteiger partial charge in [-0.15, -0.1) is 0 Å². The molecule has 10 nitrogen and oxygen atoms in total. The summed E-state index contributed by atoms with van der Waals surface area (Å²) >= 11 is 1.05. The van der Waals surface area contributed by atoms with E-state index in [4.69, 9.17) is 14.9 Å². The Morgan fingerprint density at radius 2 is 2.11 bits per heavy atom. The van der Waals surface area contributed by atoms with Gasteiger partial charge in [0.05, 0.1) is 34.5 Å². The number of pyridine rings is 2. The molecule has 0 radical (unpaired) electrons. The number of halogens is 2. The second kappa shape index (κ2) is 10.6. The zero-order valence-electron chi connectivity index (χ0n) is 18.9. The summed E-state index contributed by atoms with van der Waals surface area (Å²) in [5.41, 5.74) is 7.43. The molecule has 4 aromatic heterocycles. The largest absolute Gasteiger partial charge is 0.467 e. The molecular formula is C22H22F2N8O2S. The molecule has 0 aliphatic heterocycles. The Morgan fingerprint density at radius 3 is 2.86 bits per heavy atom. The van der Waals surface area contributed by atoms with E-state index in [1.165, 1.54) is 31.9 Å². The van der Waals surface area contributed by atoms with Gasteiger partial charge in [-0.05, 0) is 25.5 Å². The predicted molar refractivity (Wildman–Crippen MR) is 129 cm³/mol. The normalized spacial score (nSPS) is 13.5. The van der Waals surface area contributed by atoms with E-state index in [1.54, 1.807) is 25.3 Å². The number of nitrogens with two attached hydrogens (primary N) is 1. The van der Waals surface area contributed by atoms with Gasteiger partial charge in [0.15, 0.2) is 17.6 Å². The number of fused-ring (bicyclic) bond motifs is 1. The highest BCUT2D eigenvalue weighted by Crippen LogP contribution is 2.32. The minimum Gasteiger partial charge on any atom is -0.467 e. The fraction of sp³-hybridized carbons (Fsp3) is 0.273. The van der Waals surface area contributed by atoms with Crippen LogP contribution in [0.4, 0.5) is 20.3 Å². The number of alkyl halides is 1. The van der Waals surface area contributed by atoms with Crippen molar-refractivity contribution in [3.8, 4) is 5.88 Å². The van der Waals surface area contributed by atoms with Gasteiger partial charge in [-0.1, -0.05) is 11.8 Å². The minimum absolute atomic E-state index is 0.0483. The zero-order valence-corrected chi connectivity index (χ0v) is 19.7. The number of rotatable bonds is 9. The van der Waals surface area contributed by atoms with Crippen LogP contribution >= 0.6 is 11.8 Å². The first-order valence-corrected chi connectivity index (χ1v) is 11.2. The third kappa shape index (κ3) is 5.98. The van der Waals surface area contributed by atoms with Crippen LogP contribution in [-0.2, 0) is 13.0 Å². The Morgan fingerprint density at radius 1 is 1.26 bits per heavy atom. The van der Waals surface area contributed by atoms with Crippen LogP contribution in [0.5, 0.6) is 5.88 Å². The maximum absolute atomic E-state index is 14.5. The van der Waals surface area contributed by atoms with Crippen LogP contribution in [0.3, 0.4) is 0 Å². The number of ether oxygens (including phenoxy) is 1. The molecular weight excluding hydrogens is 478 g/mol. The van der Waals surface area contributed by atoms with E-state index in [0.29, 0.717) is 28.4 Å². The standard InChI is InChI=1S/C22H22F2N8O2S/c1-22(12-23,35-21(25)26-2)8-13-7-14(9-30-19(13)24)31-20-18-15(3-4-28-20)32-16(10-29-18)34-11-17-27-5-6-33-17/h3-7,9-10H,8,11-12H2,1-2H3,(H2,25,26)(H,28,31)/t22-/m1/s1. The van der Waals surface area contributed by atoms with E-state index in [-0.39, 0.29) is 29.6 Å². The van der Waals surface area contributed by atoms with Crippen molar-refractivity contribution in [1.82, 2.24) is 24.9 Å². The summed E-state index contributed by atoms with van der Waals surface area (Å²) < 4.78 is 38.0. The molecule has 35 heavy (non-hydrogen) atoms. The second-order valence-corrected chi connectivity index (χ2v) is 9.28. The van der Waals surface area contributed by atoms with Crippen LogP contribution in [0.25, 0.3) is 11.0 Å². The molecule has 4 aromatic rings. The molecule has 3 N–H and O–H groups in total. The number of aliphatic imine (C=N–C) groups is 1. The van der Waals surface area contributed by atoms with Gasteiger partial charge in [-0.2, -0.15) is 4.39 Å². The van der Waals surface area contributed by atoms with E-state index in [9.17, 15) is 8.78 Å². The lowest BCUT2D eigenvalue weighted by Gasteiger charge is -2.25. The summed E-state index contributed by atoms with van der Waals surface area (Å²) in [5, 5.41) is 3.30. The maximum Gasteiger partial charge on any atom is 0.233 e. The van der Waals surface area contributed by atoms with Gasteiger partial charge in [0.1, 0.15) is 18.5 Å². The molecule has 1 atom stereocenters. The number of thioether (sulfide) groups is 1. The molecule has 0 amide bonds. The first-order chi connectivity index (χ1) is 16.9. The lowest BCUT2D eigenvalue weighted by Crippen LogP contribution is -2.30. The van der Waals surface area contributed by atoms with Crippen molar-refractivity contribution in [3.05, 3.63) is 60.6 Å². The van der Waals surface area contributed by atoms with Gasteiger partial charge in [0.2, 0.25) is 17.7 Å². The molecule has 0 aliphatic rings. The van der Waals surface area contributed by atoms with Gasteiger partial charge in [-0.25, -0.2) is 29.3 Å². The highest BCUT2D eigenvalue weighted by atomic mass is 32.2. The van der Waals surface area contributed by atoms with Crippen LogP contribution in [0.15, 0.2) is 52.6 Å². The Balaban J connectivity index is 1.54. The summed E-state index contributed by atoms with van der Waals surface area (Å²) in [6.07, 6.45) is 7.36. The smallest absolute Gasteiger partial charge is 0.233 e. The van der Waals surface area contributed by atoms with Crippen molar-refractivity contribution in [2.24, 2.45) is 10.7 Å². The third-order valence-electron chi connectivity index (χ3n) is 4.86. The van der Waals surface area contributed by atoms with E-state index in [2.05, 4.69) is 35.2 Å². The van der Waals surface area contributed by atoms with Gasteiger partial charge in [-0.3, -0.25) is 4.99 Å². The Labute approximate surface area is 203 Å². The van der Waals surface area contributed by atoms with Crippen LogP contribution < -0.4 is 15.8 Å². The molecule has 182 valence electrons. The van der Waals surface area contributed by atoms with Gasteiger partial charge in [0.25, 0.3) is 0 Å². The number of hydrogen-bond donors (Lipinski definition) is 2. The predicted octanol–water partition coefficient (Wildman–Crippen LogP) is 3.82.